The molecule has 7 nitrogen and oxygen atoms in total. The Hall–Kier alpha value is -2.32. The van der Waals surface area contributed by atoms with Crippen LogP contribution in [0.2, 0.25) is 0 Å². The van der Waals surface area contributed by atoms with Crippen LogP contribution < -0.4 is 5.32 Å². The number of carbonyl (C=O) groups excluding carboxylic acids is 1. The number of amides is 1. The molecule has 8 heteroatoms. The summed E-state index contributed by atoms with van der Waals surface area (Å²) in [5.74, 6) is -0.637. The summed E-state index contributed by atoms with van der Waals surface area (Å²) in [7, 11) is 0. The molecule has 0 saturated carbocycles. The van der Waals surface area contributed by atoms with Crippen molar-refractivity contribution < 1.29 is 18.7 Å². The Morgan fingerprint density at radius 3 is 2.62 bits per heavy atom. The highest BCUT2D eigenvalue weighted by Crippen LogP contribution is 2.09. The number of hydrogen-bond donors (Lipinski definition) is 1. The fourth-order valence-electron chi connectivity index (χ4n) is 2.51. The van der Waals surface area contributed by atoms with Gasteiger partial charge in [0.1, 0.15) is 5.82 Å². The number of hydrogen-bond acceptors (Lipinski definition) is 5. The van der Waals surface area contributed by atoms with Gasteiger partial charge in [0, 0.05) is 19.3 Å². The number of nitrogens with one attached hydrogen (secondary N) is 1. The molecule has 1 N–H and O–H groups in total. The second-order valence-electron chi connectivity index (χ2n) is 5.84. The molecule has 0 spiro atoms. The number of carbonyl (C=O) groups is 1. The molecule has 0 aliphatic carbocycles. The van der Waals surface area contributed by atoms with Crippen LogP contribution in [-0.4, -0.2) is 46.4 Å². The minimum Gasteiger partial charge on any atom is -0.351 e. The van der Waals surface area contributed by atoms with Crippen molar-refractivity contribution in [1.82, 2.24) is 20.3 Å². The van der Waals surface area contributed by atoms with E-state index in [0.29, 0.717) is 31.7 Å². The summed E-state index contributed by atoms with van der Waals surface area (Å²) in [5.41, 5.74) is 0.748. The van der Waals surface area contributed by atoms with E-state index in [9.17, 15) is 9.18 Å². The van der Waals surface area contributed by atoms with E-state index >= 15 is 0 Å². The molecule has 142 valence electrons. The molecule has 1 atom stereocenters. The number of aromatic nitrogens is 3. The number of ether oxygens (including phenoxy) is 2. The monoisotopic (exact) mass is 364 g/mol. The van der Waals surface area contributed by atoms with Crippen molar-refractivity contribution in [1.29, 1.82) is 0 Å². The smallest absolute Gasteiger partial charge is 0.273 e. The van der Waals surface area contributed by atoms with Gasteiger partial charge in [-0.25, -0.2) is 9.07 Å². The number of rotatable bonds is 10. The predicted octanol–water partition coefficient (Wildman–Crippen LogP) is 2.18. The van der Waals surface area contributed by atoms with E-state index in [1.165, 1.54) is 16.9 Å². The van der Waals surface area contributed by atoms with Gasteiger partial charge in [0.25, 0.3) is 5.91 Å². The average Bonchev–Trinajstić information content (AvgIpc) is 3.06. The van der Waals surface area contributed by atoms with Crippen molar-refractivity contribution in [2.45, 2.75) is 46.1 Å². The van der Waals surface area contributed by atoms with Gasteiger partial charge in [0.15, 0.2) is 12.0 Å². The molecule has 0 fully saturated rings. The lowest BCUT2D eigenvalue weighted by Crippen LogP contribution is -2.34. The molecule has 1 heterocycles. The van der Waals surface area contributed by atoms with E-state index in [-0.39, 0.29) is 23.5 Å². The van der Waals surface area contributed by atoms with Crippen molar-refractivity contribution in [2.75, 3.05) is 13.2 Å². The van der Waals surface area contributed by atoms with E-state index in [2.05, 4.69) is 15.6 Å². The lowest BCUT2D eigenvalue weighted by Gasteiger charge is -2.16. The summed E-state index contributed by atoms with van der Waals surface area (Å²) in [6.45, 7) is 6.94. The summed E-state index contributed by atoms with van der Waals surface area (Å²) in [6.07, 6.45) is 1.49. The molecule has 2 aromatic rings. The molecular weight excluding hydrogens is 339 g/mol. The topological polar surface area (TPSA) is 78.3 Å². The molecule has 0 aliphatic rings. The summed E-state index contributed by atoms with van der Waals surface area (Å²) in [4.78, 5) is 12.3. The minimum absolute atomic E-state index is 0.192. The van der Waals surface area contributed by atoms with Gasteiger partial charge in [-0.2, -0.15) is 0 Å². The van der Waals surface area contributed by atoms with Crippen LogP contribution in [0.15, 0.2) is 30.5 Å². The summed E-state index contributed by atoms with van der Waals surface area (Å²) in [5, 5.41) is 10.6. The summed E-state index contributed by atoms with van der Waals surface area (Å²) >= 11 is 0. The third-order valence-electron chi connectivity index (χ3n) is 3.67. The summed E-state index contributed by atoms with van der Waals surface area (Å²) in [6, 6.07) is 6.27. The van der Waals surface area contributed by atoms with Gasteiger partial charge in [-0.05, 0) is 38.8 Å². The van der Waals surface area contributed by atoms with Gasteiger partial charge in [-0.1, -0.05) is 23.4 Å². The van der Waals surface area contributed by atoms with Crippen LogP contribution in [0.3, 0.4) is 0 Å². The van der Waals surface area contributed by atoms with Crippen LogP contribution in [-0.2, 0) is 22.4 Å². The fraction of sp³-hybridized carbons (Fsp3) is 0.500. The van der Waals surface area contributed by atoms with Crippen molar-refractivity contribution >= 4 is 5.91 Å². The molecule has 1 amide bonds. The first-order chi connectivity index (χ1) is 12.5. The molecule has 0 aliphatic heterocycles. The first-order valence-electron chi connectivity index (χ1n) is 8.71. The second-order valence-corrected chi connectivity index (χ2v) is 5.84. The average molecular weight is 364 g/mol. The van der Waals surface area contributed by atoms with Crippen LogP contribution in [0.25, 0.3) is 0 Å². The normalized spacial score (nSPS) is 12.3. The highest BCUT2D eigenvalue weighted by Gasteiger charge is 2.17. The zero-order valence-electron chi connectivity index (χ0n) is 15.3. The molecule has 1 aromatic carbocycles. The SMILES string of the molecule is CCOC(Cn1cc(C(=O)NC(C)Cc2ccccc2F)nn1)OCC. The van der Waals surface area contributed by atoms with Crippen molar-refractivity contribution in [2.24, 2.45) is 0 Å². The van der Waals surface area contributed by atoms with Crippen LogP contribution >= 0.6 is 0 Å². The van der Waals surface area contributed by atoms with Crippen molar-refractivity contribution in [3.05, 3.63) is 47.5 Å². The molecular formula is C18H25FN4O3. The van der Waals surface area contributed by atoms with E-state index < -0.39 is 6.29 Å². The maximum atomic E-state index is 13.7. The Balaban J connectivity index is 1.91. The largest absolute Gasteiger partial charge is 0.351 e. The van der Waals surface area contributed by atoms with Gasteiger partial charge < -0.3 is 14.8 Å². The quantitative estimate of drug-likeness (QED) is 0.654. The first-order valence-corrected chi connectivity index (χ1v) is 8.71. The molecule has 0 bridgehead atoms. The molecule has 26 heavy (non-hydrogen) atoms. The number of benzene rings is 1. The highest BCUT2D eigenvalue weighted by molar-refractivity contribution is 5.92. The lowest BCUT2D eigenvalue weighted by molar-refractivity contribution is -0.145. The van der Waals surface area contributed by atoms with Crippen LogP contribution in [0, 0.1) is 5.82 Å². The van der Waals surface area contributed by atoms with E-state index in [4.69, 9.17) is 9.47 Å². The van der Waals surface area contributed by atoms with Crippen LogP contribution in [0.5, 0.6) is 0 Å². The minimum atomic E-state index is -0.442. The Morgan fingerprint density at radius 2 is 1.96 bits per heavy atom. The molecule has 1 unspecified atom stereocenters. The zero-order chi connectivity index (χ0) is 18.9. The van der Waals surface area contributed by atoms with E-state index in [1.807, 2.05) is 20.8 Å². The Labute approximate surface area is 152 Å². The van der Waals surface area contributed by atoms with E-state index in [1.54, 1.807) is 18.2 Å². The first kappa shape index (κ1) is 20.0. The molecule has 0 radical (unpaired) electrons. The Kier molecular flexibility index (Phi) is 7.68. The van der Waals surface area contributed by atoms with E-state index in [0.717, 1.165) is 0 Å². The van der Waals surface area contributed by atoms with Gasteiger partial charge in [-0.3, -0.25) is 4.79 Å². The maximum absolute atomic E-state index is 13.7. The molecule has 2 rings (SSSR count). The number of nitrogens with zero attached hydrogens (tertiary/aromatic N) is 3. The molecule has 1 aromatic heterocycles. The van der Waals surface area contributed by atoms with Crippen LogP contribution in [0.1, 0.15) is 36.8 Å². The van der Waals surface area contributed by atoms with Gasteiger partial charge >= 0.3 is 0 Å². The number of halogens is 1. The van der Waals surface area contributed by atoms with Crippen molar-refractivity contribution in [3.8, 4) is 0 Å². The Morgan fingerprint density at radius 1 is 1.27 bits per heavy atom. The van der Waals surface area contributed by atoms with Gasteiger partial charge in [0.05, 0.1) is 12.7 Å². The predicted molar refractivity (Wildman–Crippen MR) is 94.1 cm³/mol. The summed E-state index contributed by atoms with van der Waals surface area (Å²) < 4.78 is 26.1. The van der Waals surface area contributed by atoms with Crippen LogP contribution in [0.4, 0.5) is 4.39 Å². The lowest BCUT2D eigenvalue weighted by atomic mass is 10.1. The van der Waals surface area contributed by atoms with Gasteiger partial charge in [-0.15, -0.1) is 5.10 Å². The highest BCUT2D eigenvalue weighted by atomic mass is 19.1. The third kappa shape index (κ3) is 5.89. The van der Waals surface area contributed by atoms with Crippen molar-refractivity contribution in [3.63, 3.8) is 0 Å². The molecule has 0 saturated heterocycles. The standard InChI is InChI=1S/C18H25FN4O3/c1-4-25-17(26-5-2)12-23-11-16(21-22-23)18(24)20-13(3)10-14-8-6-7-9-15(14)19/h6-9,11,13,17H,4-5,10,12H2,1-3H3,(H,20,24). The maximum Gasteiger partial charge on any atom is 0.273 e. The fourth-order valence-corrected chi connectivity index (χ4v) is 2.51. The second kappa shape index (κ2) is 9.98. The Bertz CT molecular complexity index is 701. The van der Waals surface area contributed by atoms with Gasteiger partial charge in [0.2, 0.25) is 0 Å². The third-order valence-corrected chi connectivity index (χ3v) is 3.67. The zero-order valence-corrected chi connectivity index (χ0v) is 15.3.